The predicted molar refractivity (Wildman–Crippen MR) is 118 cm³/mol. The van der Waals surface area contributed by atoms with Crippen LogP contribution in [0.4, 0.5) is 5.82 Å². The normalized spacial score (nSPS) is 15.4. The number of aromatic nitrogens is 2. The molecule has 1 saturated heterocycles. The van der Waals surface area contributed by atoms with E-state index in [-0.39, 0.29) is 6.54 Å². The van der Waals surface area contributed by atoms with E-state index in [9.17, 15) is 25.1 Å². The molecule has 10 heteroatoms. The van der Waals surface area contributed by atoms with Crippen molar-refractivity contribution in [3.8, 4) is 6.07 Å². The number of fused-ring (bicyclic) bond motifs is 1. The lowest BCUT2D eigenvalue weighted by Crippen LogP contribution is -2.49. The fraction of sp³-hybridized carbons (Fsp3) is 0.273. The van der Waals surface area contributed by atoms with Gasteiger partial charge < -0.3 is 19.7 Å². The van der Waals surface area contributed by atoms with E-state index in [1.54, 1.807) is 42.7 Å². The van der Waals surface area contributed by atoms with Crippen LogP contribution in [0.5, 0.6) is 0 Å². The van der Waals surface area contributed by atoms with Crippen molar-refractivity contribution in [2.75, 3.05) is 31.1 Å². The van der Waals surface area contributed by atoms with Crippen LogP contribution >= 0.6 is 11.6 Å². The fourth-order valence-corrected chi connectivity index (χ4v) is 4.37. The topological polar surface area (TPSA) is 123 Å². The number of carboxylic acids is 2. The lowest BCUT2D eigenvalue weighted by atomic mass is 10.0. The summed E-state index contributed by atoms with van der Waals surface area (Å²) in [5, 5.41) is 29.8. The molecule has 32 heavy (non-hydrogen) atoms. The van der Waals surface area contributed by atoms with Crippen molar-refractivity contribution in [1.29, 1.82) is 5.26 Å². The number of carboxylic acid groups (broad SMARTS) is 2. The molecule has 0 unspecified atom stereocenters. The summed E-state index contributed by atoms with van der Waals surface area (Å²) >= 11 is 6.10. The Balaban J connectivity index is 1.64. The molecule has 3 aromatic rings. The number of rotatable bonds is 6. The highest BCUT2D eigenvalue weighted by Crippen LogP contribution is 2.33. The zero-order valence-corrected chi connectivity index (χ0v) is 17.7. The fourth-order valence-electron chi connectivity index (χ4n) is 4.20. The molecule has 9 nitrogen and oxygen atoms in total. The predicted octanol–water partition coefficient (Wildman–Crippen LogP) is 2.59. The van der Waals surface area contributed by atoms with Gasteiger partial charge in [0.1, 0.15) is 24.5 Å². The smallest absolute Gasteiger partial charge is 0.325 e. The molecule has 1 aliphatic rings. The summed E-state index contributed by atoms with van der Waals surface area (Å²) in [7, 11) is 0. The molecular formula is C22H20ClN5O4. The number of pyridine rings is 1. The van der Waals surface area contributed by atoms with Crippen LogP contribution in [0.2, 0.25) is 5.02 Å². The highest BCUT2D eigenvalue weighted by Gasteiger charge is 2.33. The lowest BCUT2D eigenvalue weighted by molar-refractivity contribution is -0.143. The summed E-state index contributed by atoms with van der Waals surface area (Å²) in [4.78, 5) is 31.8. The van der Waals surface area contributed by atoms with Gasteiger partial charge in [-0.15, -0.1) is 0 Å². The van der Waals surface area contributed by atoms with Crippen molar-refractivity contribution in [3.63, 3.8) is 0 Å². The largest absolute Gasteiger partial charge is 0.480 e. The van der Waals surface area contributed by atoms with Crippen molar-refractivity contribution in [3.05, 3.63) is 58.9 Å². The van der Waals surface area contributed by atoms with Gasteiger partial charge in [0.15, 0.2) is 0 Å². The van der Waals surface area contributed by atoms with E-state index in [0.29, 0.717) is 59.0 Å². The number of hydrogen-bond donors (Lipinski definition) is 2. The first kappa shape index (κ1) is 21.6. The Morgan fingerprint density at radius 1 is 1.19 bits per heavy atom. The summed E-state index contributed by atoms with van der Waals surface area (Å²) in [6.07, 6.45) is 3.22. The first-order valence-corrected chi connectivity index (χ1v) is 10.3. The third-order valence-corrected chi connectivity index (χ3v) is 5.83. The number of benzene rings is 1. The SMILES string of the molecule is N#Cc1cccnc1N1CCN([C@@H](C(=O)O)c2cn(CC(=O)O)c3cc(Cl)ccc23)CC1. The molecule has 1 aliphatic heterocycles. The average Bonchev–Trinajstić information content (AvgIpc) is 3.10. The molecule has 3 heterocycles. The van der Waals surface area contributed by atoms with Gasteiger partial charge in [0.2, 0.25) is 0 Å². The summed E-state index contributed by atoms with van der Waals surface area (Å²) in [5.41, 5.74) is 1.57. The van der Waals surface area contributed by atoms with Crippen LogP contribution in [-0.2, 0) is 16.1 Å². The quantitative estimate of drug-likeness (QED) is 0.583. The second-order valence-corrected chi connectivity index (χ2v) is 7.95. The van der Waals surface area contributed by atoms with E-state index in [1.165, 1.54) is 4.57 Å². The van der Waals surface area contributed by atoms with Gasteiger partial charge in [-0.05, 0) is 24.3 Å². The van der Waals surface area contributed by atoms with E-state index in [0.717, 1.165) is 0 Å². The molecule has 0 spiro atoms. The van der Waals surface area contributed by atoms with Gasteiger partial charge in [0.25, 0.3) is 0 Å². The highest BCUT2D eigenvalue weighted by atomic mass is 35.5. The van der Waals surface area contributed by atoms with Crippen LogP contribution in [0.25, 0.3) is 10.9 Å². The van der Waals surface area contributed by atoms with Gasteiger partial charge in [0, 0.05) is 54.5 Å². The van der Waals surface area contributed by atoms with Crippen LogP contribution in [-0.4, -0.2) is 62.8 Å². The maximum atomic E-state index is 12.3. The molecule has 1 atom stereocenters. The molecule has 1 aromatic carbocycles. The molecule has 0 radical (unpaired) electrons. The Labute approximate surface area is 188 Å². The standard InChI is InChI=1S/C22H20ClN5O4/c23-15-3-4-16-17(12-28(13-19(29)30)18(16)10-15)20(22(31)32)26-6-8-27(9-7-26)21-14(11-24)2-1-5-25-21/h1-5,10,12,20H,6-9,13H2,(H,29,30)(H,31,32)/t20-/m1/s1. The minimum atomic E-state index is -1.03. The number of piperazine rings is 1. The first-order valence-electron chi connectivity index (χ1n) is 9.96. The van der Waals surface area contributed by atoms with Gasteiger partial charge in [-0.25, -0.2) is 4.98 Å². The zero-order chi connectivity index (χ0) is 22.8. The average molecular weight is 454 g/mol. The number of carbonyl (C=O) groups is 2. The monoisotopic (exact) mass is 453 g/mol. The van der Waals surface area contributed by atoms with Crippen LogP contribution in [0.1, 0.15) is 17.2 Å². The maximum absolute atomic E-state index is 12.3. The van der Waals surface area contributed by atoms with Crippen LogP contribution in [0.3, 0.4) is 0 Å². The number of nitriles is 1. The molecule has 164 valence electrons. The Morgan fingerprint density at radius 3 is 2.59 bits per heavy atom. The van der Waals surface area contributed by atoms with Gasteiger partial charge in [-0.1, -0.05) is 17.7 Å². The van der Waals surface area contributed by atoms with Crippen molar-refractivity contribution in [2.45, 2.75) is 12.6 Å². The molecule has 0 saturated carbocycles. The second kappa shape index (κ2) is 8.86. The van der Waals surface area contributed by atoms with Gasteiger partial charge in [0.05, 0.1) is 11.1 Å². The van der Waals surface area contributed by atoms with Crippen molar-refractivity contribution in [1.82, 2.24) is 14.5 Å². The third-order valence-electron chi connectivity index (χ3n) is 5.60. The lowest BCUT2D eigenvalue weighted by Gasteiger charge is -2.38. The van der Waals surface area contributed by atoms with Crippen LogP contribution in [0.15, 0.2) is 42.7 Å². The minimum absolute atomic E-state index is 0.298. The second-order valence-electron chi connectivity index (χ2n) is 7.52. The van der Waals surface area contributed by atoms with E-state index in [2.05, 4.69) is 11.1 Å². The Bertz CT molecular complexity index is 1230. The number of halogens is 1. The van der Waals surface area contributed by atoms with E-state index >= 15 is 0 Å². The molecule has 4 rings (SSSR count). The molecule has 0 aliphatic carbocycles. The Morgan fingerprint density at radius 2 is 1.94 bits per heavy atom. The summed E-state index contributed by atoms with van der Waals surface area (Å²) < 4.78 is 1.51. The molecular weight excluding hydrogens is 434 g/mol. The van der Waals surface area contributed by atoms with E-state index in [1.807, 2.05) is 9.80 Å². The molecule has 0 bridgehead atoms. The third kappa shape index (κ3) is 4.10. The summed E-state index contributed by atoms with van der Waals surface area (Å²) in [6.45, 7) is 1.60. The Kier molecular flexibility index (Phi) is 5.99. The zero-order valence-electron chi connectivity index (χ0n) is 17.0. The highest BCUT2D eigenvalue weighted by molar-refractivity contribution is 6.31. The van der Waals surface area contributed by atoms with Gasteiger partial charge in [-0.3, -0.25) is 14.5 Å². The number of anilines is 1. The molecule has 0 amide bonds. The van der Waals surface area contributed by atoms with E-state index in [4.69, 9.17) is 11.6 Å². The van der Waals surface area contributed by atoms with Crippen molar-refractivity contribution >= 4 is 40.3 Å². The number of nitrogens with zero attached hydrogens (tertiary/aromatic N) is 5. The van der Waals surface area contributed by atoms with Gasteiger partial charge >= 0.3 is 11.9 Å². The van der Waals surface area contributed by atoms with Gasteiger partial charge in [-0.2, -0.15) is 5.26 Å². The van der Waals surface area contributed by atoms with Crippen molar-refractivity contribution in [2.24, 2.45) is 0 Å². The van der Waals surface area contributed by atoms with E-state index < -0.39 is 18.0 Å². The summed E-state index contributed by atoms with van der Waals surface area (Å²) in [6, 6.07) is 9.64. The minimum Gasteiger partial charge on any atom is -0.480 e. The summed E-state index contributed by atoms with van der Waals surface area (Å²) in [5.74, 6) is -1.45. The number of aliphatic carboxylic acids is 2. The molecule has 2 aromatic heterocycles. The molecule has 1 fully saturated rings. The first-order chi connectivity index (χ1) is 15.4. The Hall–Kier alpha value is -3.61. The van der Waals surface area contributed by atoms with Crippen LogP contribution in [0, 0.1) is 11.3 Å². The molecule has 2 N–H and O–H groups in total. The van der Waals surface area contributed by atoms with Crippen molar-refractivity contribution < 1.29 is 19.8 Å². The number of hydrogen-bond acceptors (Lipinski definition) is 6. The van der Waals surface area contributed by atoms with Crippen LogP contribution < -0.4 is 4.90 Å². The maximum Gasteiger partial charge on any atom is 0.325 e.